The van der Waals surface area contributed by atoms with Gasteiger partial charge < -0.3 is 15.3 Å². The molecule has 0 saturated heterocycles. The highest BCUT2D eigenvalue weighted by atomic mass is 32.1. The molecule has 1 aromatic heterocycles. The van der Waals surface area contributed by atoms with E-state index in [4.69, 9.17) is 5.11 Å². The number of likely N-dealkylation sites (N-methyl/N-ethyl adjacent to an activating group) is 1. The lowest BCUT2D eigenvalue weighted by Crippen LogP contribution is -2.33. The highest BCUT2D eigenvalue weighted by molar-refractivity contribution is 7.16. The summed E-state index contributed by atoms with van der Waals surface area (Å²) in [6.07, 6.45) is 0.703. The van der Waals surface area contributed by atoms with Gasteiger partial charge in [0.15, 0.2) is 0 Å². The second kappa shape index (κ2) is 6.33. The first kappa shape index (κ1) is 15.2. The number of aryl methyl sites for hydroxylation is 1. The van der Waals surface area contributed by atoms with Gasteiger partial charge in [-0.25, -0.2) is 4.79 Å². The Hall–Kier alpha value is -1.89. The number of carbonyl (C=O) groups is 3. The molecule has 0 aliphatic carbocycles. The number of thiophene rings is 1. The molecule has 0 radical (unpaired) electrons. The monoisotopic (exact) mass is 284 g/mol. The number of carboxylic acids is 1. The fourth-order valence-electron chi connectivity index (χ4n) is 1.36. The van der Waals surface area contributed by atoms with Crippen LogP contribution in [0.1, 0.15) is 29.1 Å². The highest BCUT2D eigenvalue weighted by Crippen LogP contribution is 2.28. The lowest BCUT2D eigenvalue weighted by atomic mass is 10.2. The van der Waals surface area contributed by atoms with Crippen molar-refractivity contribution in [2.75, 3.05) is 18.9 Å². The Labute approximate surface area is 115 Å². The first-order chi connectivity index (χ1) is 8.85. The number of carboxylic acid groups (broad SMARTS) is 1. The Kier molecular flexibility index (Phi) is 5.05. The molecule has 0 unspecified atom stereocenters. The average molecular weight is 284 g/mol. The zero-order valence-corrected chi connectivity index (χ0v) is 11.8. The highest BCUT2D eigenvalue weighted by Gasteiger charge is 2.17. The Morgan fingerprint density at radius 1 is 1.42 bits per heavy atom. The van der Waals surface area contributed by atoms with Crippen molar-refractivity contribution in [2.45, 2.75) is 20.3 Å². The van der Waals surface area contributed by atoms with Gasteiger partial charge in [-0.15, -0.1) is 11.3 Å². The molecule has 0 aliphatic heterocycles. The van der Waals surface area contributed by atoms with Crippen LogP contribution in [-0.2, 0) is 16.0 Å². The van der Waals surface area contributed by atoms with Crippen LogP contribution in [0.4, 0.5) is 5.00 Å². The number of aromatic carboxylic acids is 1. The van der Waals surface area contributed by atoms with E-state index in [0.29, 0.717) is 11.4 Å². The van der Waals surface area contributed by atoms with Crippen molar-refractivity contribution in [1.82, 2.24) is 4.90 Å². The van der Waals surface area contributed by atoms with Crippen LogP contribution in [-0.4, -0.2) is 41.4 Å². The van der Waals surface area contributed by atoms with Gasteiger partial charge in [-0.05, 0) is 12.5 Å². The summed E-state index contributed by atoms with van der Waals surface area (Å²) in [6, 6.07) is 1.55. The molecule has 0 aliphatic rings. The first-order valence-electron chi connectivity index (χ1n) is 5.72. The second-order valence-corrected chi connectivity index (χ2v) is 5.17. The van der Waals surface area contributed by atoms with Crippen molar-refractivity contribution in [3.05, 3.63) is 16.5 Å². The van der Waals surface area contributed by atoms with Gasteiger partial charge in [-0.3, -0.25) is 9.59 Å². The summed E-state index contributed by atoms with van der Waals surface area (Å²) in [5, 5.41) is 11.9. The van der Waals surface area contributed by atoms with E-state index >= 15 is 0 Å². The molecular formula is C12H16N2O4S. The van der Waals surface area contributed by atoms with E-state index in [-0.39, 0.29) is 18.0 Å². The molecule has 0 spiro atoms. The summed E-state index contributed by atoms with van der Waals surface area (Å²) in [5.74, 6) is -1.72. The zero-order valence-electron chi connectivity index (χ0n) is 11.0. The predicted octanol–water partition coefficient (Wildman–Crippen LogP) is 1.43. The lowest BCUT2D eigenvalue weighted by molar-refractivity contribution is -0.131. The third-order valence-electron chi connectivity index (χ3n) is 2.53. The lowest BCUT2D eigenvalue weighted by Gasteiger charge is -2.13. The van der Waals surface area contributed by atoms with E-state index in [1.807, 2.05) is 6.92 Å². The number of carbonyl (C=O) groups excluding carboxylic acids is 2. The zero-order chi connectivity index (χ0) is 14.6. The van der Waals surface area contributed by atoms with Crippen molar-refractivity contribution in [2.24, 2.45) is 0 Å². The summed E-state index contributed by atoms with van der Waals surface area (Å²) in [4.78, 5) is 35.9. The molecule has 1 heterocycles. The summed E-state index contributed by atoms with van der Waals surface area (Å²) in [6.45, 7) is 3.16. The number of anilines is 1. The van der Waals surface area contributed by atoms with Crippen LogP contribution in [0.5, 0.6) is 0 Å². The Bertz CT molecular complexity index is 510. The van der Waals surface area contributed by atoms with Gasteiger partial charge in [0.1, 0.15) is 5.00 Å². The van der Waals surface area contributed by atoms with Crippen LogP contribution in [0.3, 0.4) is 0 Å². The molecule has 0 bridgehead atoms. The van der Waals surface area contributed by atoms with E-state index in [9.17, 15) is 14.4 Å². The van der Waals surface area contributed by atoms with Crippen LogP contribution in [0.2, 0.25) is 0 Å². The number of hydrogen-bond donors (Lipinski definition) is 2. The standard InChI is InChI=1S/C12H16N2O4S/c1-4-8-5-9(12(17)18)11(19-8)13-10(16)6-14(3)7(2)15/h5H,4,6H2,1-3H3,(H,13,16)(H,17,18). The quantitative estimate of drug-likeness (QED) is 0.856. The second-order valence-electron chi connectivity index (χ2n) is 4.04. The number of rotatable bonds is 5. The minimum Gasteiger partial charge on any atom is -0.478 e. The molecule has 0 saturated carbocycles. The van der Waals surface area contributed by atoms with Crippen molar-refractivity contribution < 1.29 is 19.5 Å². The Morgan fingerprint density at radius 3 is 2.53 bits per heavy atom. The largest absolute Gasteiger partial charge is 0.478 e. The van der Waals surface area contributed by atoms with Gasteiger partial charge in [-0.2, -0.15) is 0 Å². The molecule has 0 atom stereocenters. The van der Waals surface area contributed by atoms with Crippen LogP contribution in [0.15, 0.2) is 6.07 Å². The topological polar surface area (TPSA) is 86.7 Å². The maximum Gasteiger partial charge on any atom is 0.338 e. The van der Waals surface area contributed by atoms with Gasteiger partial charge in [-0.1, -0.05) is 6.92 Å². The van der Waals surface area contributed by atoms with Crippen molar-refractivity contribution in [3.8, 4) is 0 Å². The van der Waals surface area contributed by atoms with E-state index in [1.54, 1.807) is 6.07 Å². The molecule has 1 rings (SSSR count). The minimum atomic E-state index is -1.08. The molecule has 104 valence electrons. The number of hydrogen-bond acceptors (Lipinski definition) is 4. The fraction of sp³-hybridized carbons (Fsp3) is 0.417. The average Bonchev–Trinajstić information content (AvgIpc) is 2.71. The van der Waals surface area contributed by atoms with Gasteiger partial charge >= 0.3 is 5.97 Å². The molecule has 19 heavy (non-hydrogen) atoms. The smallest absolute Gasteiger partial charge is 0.338 e. The maximum absolute atomic E-state index is 11.7. The van der Waals surface area contributed by atoms with Gasteiger partial charge in [0, 0.05) is 18.8 Å². The number of amides is 2. The minimum absolute atomic E-state index is 0.0840. The molecule has 2 amide bonds. The molecule has 2 N–H and O–H groups in total. The van der Waals surface area contributed by atoms with Crippen molar-refractivity contribution in [1.29, 1.82) is 0 Å². The van der Waals surface area contributed by atoms with Crippen LogP contribution >= 0.6 is 11.3 Å². The normalized spacial score (nSPS) is 10.1. The third kappa shape index (κ3) is 4.06. The van der Waals surface area contributed by atoms with Gasteiger partial charge in [0.25, 0.3) is 0 Å². The first-order valence-corrected chi connectivity index (χ1v) is 6.54. The fourth-order valence-corrected chi connectivity index (χ4v) is 2.37. The van der Waals surface area contributed by atoms with E-state index < -0.39 is 11.9 Å². The van der Waals surface area contributed by atoms with Crippen molar-refractivity contribution >= 4 is 34.1 Å². The van der Waals surface area contributed by atoms with E-state index in [1.165, 1.54) is 30.2 Å². The van der Waals surface area contributed by atoms with E-state index in [0.717, 1.165) is 4.88 Å². The Morgan fingerprint density at radius 2 is 2.05 bits per heavy atom. The Balaban J connectivity index is 2.81. The SMILES string of the molecule is CCc1cc(C(=O)O)c(NC(=O)CN(C)C(C)=O)s1. The van der Waals surface area contributed by atoms with Gasteiger partial charge in [0.2, 0.25) is 11.8 Å². The van der Waals surface area contributed by atoms with Crippen LogP contribution in [0, 0.1) is 0 Å². The van der Waals surface area contributed by atoms with Crippen LogP contribution in [0.25, 0.3) is 0 Å². The molecule has 0 fully saturated rings. The summed E-state index contributed by atoms with van der Waals surface area (Å²) < 4.78 is 0. The molecule has 7 heteroatoms. The number of nitrogens with zero attached hydrogens (tertiary/aromatic N) is 1. The third-order valence-corrected chi connectivity index (χ3v) is 3.73. The summed E-state index contributed by atoms with van der Waals surface area (Å²) >= 11 is 1.24. The number of nitrogens with one attached hydrogen (secondary N) is 1. The molecule has 0 aromatic carbocycles. The molecular weight excluding hydrogens is 268 g/mol. The molecule has 1 aromatic rings. The summed E-state index contributed by atoms with van der Waals surface area (Å²) in [7, 11) is 1.51. The van der Waals surface area contributed by atoms with Crippen LogP contribution < -0.4 is 5.32 Å². The molecule has 6 nitrogen and oxygen atoms in total. The predicted molar refractivity (Wildman–Crippen MR) is 72.6 cm³/mol. The van der Waals surface area contributed by atoms with Gasteiger partial charge in [0.05, 0.1) is 12.1 Å². The summed E-state index contributed by atoms with van der Waals surface area (Å²) in [5.41, 5.74) is 0.0840. The maximum atomic E-state index is 11.7. The van der Waals surface area contributed by atoms with E-state index in [2.05, 4.69) is 5.32 Å². The van der Waals surface area contributed by atoms with Crippen molar-refractivity contribution in [3.63, 3.8) is 0 Å².